The topological polar surface area (TPSA) is 79.4 Å². The second kappa shape index (κ2) is 8.32. The van der Waals surface area contributed by atoms with E-state index < -0.39 is 6.10 Å². The molecule has 1 atom stereocenters. The van der Waals surface area contributed by atoms with Crippen molar-refractivity contribution >= 4 is 17.5 Å². The molecule has 0 amide bonds. The molecule has 0 radical (unpaired) electrons. The van der Waals surface area contributed by atoms with Crippen LogP contribution < -0.4 is 9.47 Å². The van der Waals surface area contributed by atoms with Gasteiger partial charge in [0, 0.05) is 23.5 Å². The molecule has 0 saturated carbocycles. The maximum absolute atomic E-state index is 12.7. The van der Waals surface area contributed by atoms with Crippen LogP contribution in [0.4, 0.5) is 0 Å². The molecule has 7 nitrogen and oxygen atoms in total. The quantitative estimate of drug-likeness (QED) is 0.420. The third-order valence-corrected chi connectivity index (χ3v) is 5.67. The highest BCUT2D eigenvalue weighted by Crippen LogP contribution is 2.36. The third kappa shape index (κ3) is 4.03. The molecule has 0 spiro atoms. The Morgan fingerprint density at radius 1 is 1.24 bits per heavy atom. The number of ketones is 1. The van der Waals surface area contributed by atoms with E-state index in [1.54, 1.807) is 0 Å². The predicted molar refractivity (Wildman–Crippen MR) is 109 cm³/mol. The first-order valence-electron chi connectivity index (χ1n) is 9.61. The lowest BCUT2D eigenvalue weighted by Crippen LogP contribution is -2.21. The molecule has 0 unspecified atom stereocenters. The van der Waals surface area contributed by atoms with E-state index in [0.717, 1.165) is 29.9 Å². The summed E-state index contributed by atoms with van der Waals surface area (Å²) in [5.41, 5.74) is 2.86. The zero-order valence-electron chi connectivity index (χ0n) is 16.7. The molecule has 3 heterocycles. The maximum atomic E-state index is 12.7. The molecule has 1 aliphatic rings. The van der Waals surface area contributed by atoms with Crippen LogP contribution in [-0.4, -0.2) is 32.9 Å². The molecule has 0 aliphatic carbocycles. The van der Waals surface area contributed by atoms with E-state index in [1.165, 1.54) is 11.8 Å². The predicted octanol–water partition coefficient (Wildman–Crippen LogP) is 4.39. The minimum Gasteiger partial charge on any atom is -0.485 e. The molecule has 3 aromatic rings. The number of Topliss-reactive ketones (excluding diaryl/α,β-unsaturated/α-hetero) is 1. The van der Waals surface area contributed by atoms with Gasteiger partial charge >= 0.3 is 0 Å². The first-order valence-corrected chi connectivity index (χ1v) is 10.6. The molecule has 0 N–H and O–H groups in total. The maximum Gasteiger partial charge on any atom is 0.277 e. The van der Waals surface area contributed by atoms with Gasteiger partial charge in [0.05, 0.1) is 5.75 Å². The number of ether oxygens (including phenoxy) is 2. The molecule has 0 bridgehead atoms. The minimum atomic E-state index is -0.463. The van der Waals surface area contributed by atoms with Crippen LogP contribution >= 0.6 is 11.8 Å². The number of hydrogen-bond donors (Lipinski definition) is 0. The summed E-state index contributed by atoms with van der Waals surface area (Å²) >= 11 is 1.24. The number of thioether (sulfide) groups is 1. The van der Waals surface area contributed by atoms with Gasteiger partial charge in [-0.2, -0.15) is 0 Å². The van der Waals surface area contributed by atoms with E-state index in [1.807, 2.05) is 44.2 Å². The lowest BCUT2D eigenvalue weighted by Gasteiger charge is -2.23. The van der Waals surface area contributed by atoms with Gasteiger partial charge in [-0.15, -0.1) is 10.2 Å². The van der Waals surface area contributed by atoms with E-state index in [9.17, 15) is 4.79 Å². The monoisotopic (exact) mass is 413 g/mol. The lowest BCUT2D eigenvalue weighted by atomic mass is 10.2. The molecule has 8 heteroatoms. The Morgan fingerprint density at radius 3 is 2.83 bits per heavy atom. The number of aromatic nitrogens is 3. The number of para-hydroxylation sites is 2. The van der Waals surface area contributed by atoms with Crippen molar-refractivity contribution in [2.75, 3.05) is 12.4 Å². The number of benzene rings is 1. The van der Waals surface area contributed by atoms with Crippen molar-refractivity contribution in [3.63, 3.8) is 0 Å². The average molecular weight is 413 g/mol. The molecular formula is C21H23N3O4S. The van der Waals surface area contributed by atoms with Crippen LogP contribution in [0.3, 0.4) is 0 Å². The van der Waals surface area contributed by atoms with Crippen molar-refractivity contribution < 1.29 is 18.7 Å². The van der Waals surface area contributed by atoms with Crippen LogP contribution in [0.5, 0.6) is 11.5 Å². The van der Waals surface area contributed by atoms with Gasteiger partial charge in [-0.1, -0.05) is 30.8 Å². The second-order valence-corrected chi connectivity index (χ2v) is 7.85. The Balaban J connectivity index is 1.39. The fraction of sp³-hybridized carbons (Fsp3) is 0.381. The van der Waals surface area contributed by atoms with Crippen LogP contribution in [0.2, 0.25) is 0 Å². The number of nitrogens with zero attached hydrogens (tertiary/aromatic N) is 3. The molecule has 29 heavy (non-hydrogen) atoms. The van der Waals surface area contributed by atoms with Crippen LogP contribution in [0.25, 0.3) is 0 Å². The summed E-state index contributed by atoms with van der Waals surface area (Å²) in [5.74, 6) is 1.98. The second-order valence-electron chi connectivity index (χ2n) is 6.92. The lowest BCUT2D eigenvalue weighted by molar-refractivity contribution is 0.0686. The number of fused-ring (bicyclic) bond motifs is 1. The van der Waals surface area contributed by atoms with Crippen molar-refractivity contribution in [1.82, 2.24) is 14.8 Å². The van der Waals surface area contributed by atoms with Crippen molar-refractivity contribution in [2.45, 2.75) is 45.1 Å². The zero-order chi connectivity index (χ0) is 20.4. The van der Waals surface area contributed by atoms with Gasteiger partial charge in [0.25, 0.3) is 11.1 Å². The Kier molecular flexibility index (Phi) is 5.62. The molecule has 0 saturated heterocycles. The summed E-state index contributed by atoms with van der Waals surface area (Å²) in [6.45, 7) is 7.36. The largest absolute Gasteiger partial charge is 0.485 e. The van der Waals surface area contributed by atoms with E-state index >= 15 is 0 Å². The highest BCUT2D eigenvalue weighted by atomic mass is 32.2. The molecule has 0 fully saturated rings. The molecule has 1 aliphatic heterocycles. The normalized spacial score (nSPS) is 15.5. The number of aryl methyl sites for hydroxylation is 1. The zero-order valence-corrected chi connectivity index (χ0v) is 17.5. The number of rotatable bonds is 7. The van der Waals surface area contributed by atoms with Gasteiger partial charge in [-0.05, 0) is 38.5 Å². The highest BCUT2D eigenvalue weighted by Gasteiger charge is 2.27. The first-order chi connectivity index (χ1) is 14.1. The van der Waals surface area contributed by atoms with Crippen molar-refractivity contribution in [3.8, 4) is 11.5 Å². The number of carbonyl (C=O) groups is 1. The summed E-state index contributed by atoms with van der Waals surface area (Å²) in [4.78, 5) is 12.7. The van der Waals surface area contributed by atoms with Crippen LogP contribution in [0.1, 0.15) is 47.1 Å². The third-order valence-electron chi connectivity index (χ3n) is 4.85. The van der Waals surface area contributed by atoms with Crippen molar-refractivity contribution in [2.24, 2.45) is 0 Å². The van der Waals surface area contributed by atoms with Crippen LogP contribution in [-0.2, 0) is 6.54 Å². The summed E-state index contributed by atoms with van der Waals surface area (Å²) in [6.07, 6.45) is 0.566. The highest BCUT2D eigenvalue weighted by molar-refractivity contribution is 7.99. The van der Waals surface area contributed by atoms with Gasteiger partial charge in [0.2, 0.25) is 6.10 Å². The number of carbonyl (C=O) groups excluding carboxylic acids is 1. The smallest absolute Gasteiger partial charge is 0.277 e. The Labute approximate surface area is 173 Å². The Morgan fingerprint density at radius 2 is 2.03 bits per heavy atom. The van der Waals surface area contributed by atoms with E-state index in [0.29, 0.717) is 29.2 Å². The molecule has 2 aromatic heterocycles. The van der Waals surface area contributed by atoms with Gasteiger partial charge < -0.3 is 18.5 Å². The molecule has 4 rings (SSSR count). The minimum absolute atomic E-state index is 0.0522. The summed E-state index contributed by atoms with van der Waals surface area (Å²) in [5, 5.41) is 8.45. The van der Waals surface area contributed by atoms with Crippen LogP contribution in [0.15, 0.2) is 40.0 Å². The average Bonchev–Trinajstić information content (AvgIpc) is 3.32. The van der Waals surface area contributed by atoms with E-state index in [-0.39, 0.29) is 11.5 Å². The number of hydrogen-bond acceptors (Lipinski definition) is 7. The molecule has 152 valence electrons. The van der Waals surface area contributed by atoms with E-state index in [2.05, 4.69) is 21.7 Å². The summed E-state index contributed by atoms with van der Waals surface area (Å²) < 4.78 is 19.4. The van der Waals surface area contributed by atoms with Crippen molar-refractivity contribution in [3.05, 3.63) is 53.2 Å². The van der Waals surface area contributed by atoms with Gasteiger partial charge in [0.1, 0.15) is 6.61 Å². The summed E-state index contributed by atoms with van der Waals surface area (Å²) in [6, 6.07) is 9.41. The van der Waals surface area contributed by atoms with Crippen LogP contribution in [0, 0.1) is 13.8 Å². The van der Waals surface area contributed by atoms with Crippen molar-refractivity contribution in [1.29, 1.82) is 0 Å². The molecular weight excluding hydrogens is 390 g/mol. The van der Waals surface area contributed by atoms with E-state index in [4.69, 9.17) is 13.9 Å². The Hall–Kier alpha value is -2.74. The standard InChI is InChI=1S/C21H23N3O4S/c1-4-9-24-13(2)10-15(14(24)3)16(25)12-29-21-23-22-20(28-21)19-11-26-17-7-5-6-8-18(17)27-19/h5-8,10,19H,4,9,11-12H2,1-3H3/t19-/m1/s1. The van der Waals surface area contributed by atoms with Gasteiger partial charge in [-0.25, -0.2) is 0 Å². The van der Waals surface area contributed by atoms with Gasteiger partial charge in [-0.3, -0.25) is 4.79 Å². The molecule has 1 aromatic carbocycles. The summed E-state index contributed by atoms with van der Waals surface area (Å²) in [7, 11) is 0. The fourth-order valence-electron chi connectivity index (χ4n) is 3.41. The fourth-order valence-corrected chi connectivity index (χ4v) is 4.06. The van der Waals surface area contributed by atoms with Gasteiger partial charge in [0.15, 0.2) is 17.3 Å². The first kappa shape index (κ1) is 19.6. The Bertz CT molecular complexity index is 1030. The SMILES string of the molecule is CCCn1c(C)cc(C(=O)CSc2nnc([C@H]3COc4ccccc4O3)o2)c1C.